The van der Waals surface area contributed by atoms with Crippen molar-refractivity contribution in [2.45, 2.75) is 25.0 Å². The van der Waals surface area contributed by atoms with Gasteiger partial charge in [-0.05, 0) is 18.2 Å². The number of cyclic esters (lactones) is 1. The zero-order chi connectivity index (χ0) is 13.1. The Hall–Kier alpha value is -1.03. The molecule has 5 heteroatoms. The van der Waals surface area contributed by atoms with Gasteiger partial charge in [-0.2, -0.15) is 0 Å². The predicted octanol–water partition coefficient (Wildman–Crippen LogP) is 3.07. The highest BCUT2D eigenvalue weighted by Crippen LogP contribution is 2.26. The monoisotopic (exact) mass is 286 g/mol. The van der Waals surface area contributed by atoms with Crippen molar-refractivity contribution in [2.75, 3.05) is 0 Å². The second-order valence-electron chi connectivity index (χ2n) is 4.12. The fraction of sp³-hybridized carbons (Fsp3) is 0.308. The Bertz CT molecular complexity index is 465. The van der Waals surface area contributed by atoms with Gasteiger partial charge in [0.15, 0.2) is 0 Å². The van der Waals surface area contributed by atoms with Gasteiger partial charge < -0.3 is 9.84 Å². The Kier molecular flexibility index (Phi) is 4.27. The molecule has 1 saturated heterocycles. The molecule has 1 aromatic rings. The Labute approximate surface area is 115 Å². The molecule has 2 atom stereocenters. The summed E-state index contributed by atoms with van der Waals surface area (Å²) in [6.07, 6.45) is 2.76. The van der Waals surface area contributed by atoms with Crippen LogP contribution in [0.1, 0.15) is 18.4 Å². The Balaban J connectivity index is 2.13. The van der Waals surface area contributed by atoms with Gasteiger partial charge in [0, 0.05) is 22.0 Å². The summed E-state index contributed by atoms with van der Waals surface area (Å²) >= 11 is 12.0. The van der Waals surface area contributed by atoms with E-state index in [0.29, 0.717) is 22.0 Å². The topological polar surface area (TPSA) is 46.5 Å². The zero-order valence-corrected chi connectivity index (χ0v) is 11.0. The van der Waals surface area contributed by atoms with Crippen LogP contribution in [0.25, 0.3) is 6.08 Å². The number of ether oxygens (including phenoxy) is 1. The largest absolute Gasteiger partial charge is 0.458 e. The average Bonchev–Trinajstić information content (AvgIpc) is 2.27. The highest BCUT2D eigenvalue weighted by atomic mass is 35.5. The maximum atomic E-state index is 11.2. The minimum Gasteiger partial charge on any atom is -0.458 e. The fourth-order valence-corrected chi connectivity index (χ4v) is 2.32. The van der Waals surface area contributed by atoms with E-state index in [-0.39, 0.29) is 6.42 Å². The van der Waals surface area contributed by atoms with E-state index in [0.717, 1.165) is 0 Å². The first-order valence-corrected chi connectivity index (χ1v) is 6.31. The van der Waals surface area contributed by atoms with Gasteiger partial charge in [0.25, 0.3) is 0 Å². The van der Waals surface area contributed by atoms with Crippen molar-refractivity contribution in [1.29, 1.82) is 0 Å². The minimum absolute atomic E-state index is 0.0528. The van der Waals surface area contributed by atoms with Crippen molar-refractivity contribution in [3.63, 3.8) is 0 Å². The lowest BCUT2D eigenvalue weighted by Gasteiger charge is -2.23. The van der Waals surface area contributed by atoms with Crippen LogP contribution < -0.4 is 0 Å². The first kappa shape index (κ1) is 13.4. The Morgan fingerprint density at radius 3 is 2.61 bits per heavy atom. The molecule has 0 spiro atoms. The molecule has 1 aliphatic heterocycles. The van der Waals surface area contributed by atoms with E-state index >= 15 is 0 Å². The molecule has 0 aliphatic carbocycles. The third-order valence-corrected chi connectivity index (χ3v) is 3.33. The molecule has 0 radical (unpaired) electrons. The zero-order valence-electron chi connectivity index (χ0n) is 9.48. The smallest absolute Gasteiger partial charge is 0.309 e. The molecule has 2 rings (SSSR count). The lowest BCUT2D eigenvalue weighted by molar-refractivity contribution is -0.156. The number of benzene rings is 1. The lowest BCUT2D eigenvalue weighted by Crippen LogP contribution is -2.31. The number of hydrogen-bond donors (Lipinski definition) is 1. The number of esters is 1. The number of halogens is 2. The van der Waals surface area contributed by atoms with E-state index in [4.69, 9.17) is 27.9 Å². The van der Waals surface area contributed by atoms with Crippen molar-refractivity contribution in [3.05, 3.63) is 39.9 Å². The van der Waals surface area contributed by atoms with Crippen molar-refractivity contribution >= 4 is 35.2 Å². The van der Waals surface area contributed by atoms with Gasteiger partial charge in [-0.3, -0.25) is 4.79 Å². The van der Waals surface area contributed by atoms with E-state index in [1.54, 1.807) is 30.4 Å². The summed E-state index contributed by atoms with van der Waals surface area (Å²) in [5.74, 6) is -0.395. The van der Waals surface area contributed by atoms with Crippen LogP contribution >= 0.6 is 23.2 Å². The molecule has 18 heavy (non-hydrogen) atoms. The molecule has 0 saturated carbocycles. The Morgan fingerprint density at radius 1 is 1.33 bits per heavy atom. The van der Waals surface area contributed by atoms with Crippen molar-refractivity contribution in [2.24, 2.45) is 0 Å². The number of rotatable bonds is 2. The highest BCUT2D eigenvalue weighted by Gasteiger charge is 2.25. The summed E-state index contributed by atoms with van der Waals surface area (Å²) in [5, 5.41) is 10.5. The second kappa shape index (κ2) is 5.74. The summed E-state index contributed by atoms with van der Waals surface area (Å²) in [4.78, 5) is 11.2. The molecule has 1 heterocycles. The maximum Gasteiger partial charge on any atom is 0.309 e. The minimum atomic E-state index is -0.650. The molecule has 0 unspecified atom stereocenters. The molecule has 1 aliphatic rings. The molecule has 3 nitrogen and oxygen atoms in total. The predicted molar refractivity (Wildman–Crippen MR) is 70.6 cm³/mol. The SMILES string of the molecule is O=C1C[C@H](O)C[C@@H](/C=C/c2c(Cl)cccc2Cl)O1. The van der Waals surface area contributed by atoms with Gasteiger partial charge in [-0.25, -0.2) is 0 Å². The normalized spacial score (nSPS) is 24.3. The van der Waals surface area contributed by atoms with Gasteiger partial charge in [-0.1, -0.05) is 35.3 Å². The standard InChI is InChI=1S/C13H12Cl2O3/c14-11-2-1-3-12(15)10(11)5-4-9-6-8(16)7-13(17)18-9/h1-5,8-9,16H,6-7H2/b5-4+/t8-,9-/m1/s1. The maximum absolute atomic E-state index is 11.2. The second-order valence-corrected chi connectivity index (χ2v) is 4.93. The van der Waals surface area contributed by atoms with E-state index in [2.05, 4.69) is 0 Å². The van der Waals surface area contributed by atoms with E-state index in [1.807, 2.05) is 0 Å². The first-order chi connectivity index (χ1) is 8.56. The summed E-state index contributed by atoms with van der Waals surface area (Å²) in [6, 6.07) is 5.22. The average molecular weight is 287 g/mol. The van der Waals surface area contributed by atoms with Crippen molar-refractivity contribution in [3.8, 4) is 0 Å². The van der Waals surface area contributed by atoms with Crippen LogP contribution in [0.3, 0.4) is 0 Å². The van der Waals surface area contributed by atoms with Gasteiger partial charge in [0.1, 0.15) is 6.10 Å². The molecule has 1 N–H and O–H groups in total. The molecular weight excluding hydrogens is 275 g/mol. The third-order valence-electron chi connectivity index (χ3n) is 2.67. The van der Waals surface area contributed by atoms with Crippen LogP contribution in [0.4, 0.5) is 0 Å². The van der Waals surface area contributed by atoms with Crippen LogP contribution in [-0.4, -0.2) is 23.3 Å². The van der Waals surface area contributed by atoms with Crippen LogP contribution in [0, 0.1) is 0 Å². The fourth-order valence-electron chi connectivity index (χ4n) is 1.80. The highest BCUT2D eigenvalue weighted by molar-refractivity contribution is 6.37. The summed E-state index contributed by atoms with van der Waals surface area (Å²) in [6.45, 7) is 0. The number of carbonyl (C=O) groups is 1. The van der Waals surface area contributed by atoms with Gasteiger partial charge >= 0.3 is 5.97 Å². The van der Waals surface area contributed by atoms with Crippen LogP contribution in [-0.2, 0) is 9.53 Å². The van der Waals surface area contributed by atoms with Gasteiger partial charge in [0.05, 0.1) is 12.5 Å². The quantitative estimate of drug-likeness (QED) is 0.850. The third kappa shape index (κ3) is 3.25. The number of aliphatic hydroxyl groups is 1. The molecule has 96 valence electrons. The van der Waals surface area contributed by atoms with E-state index < -0.39 is 18.2 Å². The first-order valence-electron chi connectivity index (χ1n) is 5.56. The lowest BCUT2D eigenvalue weighted by atomic mass is 10.0. The molecular formula is C13H12Cl2O3. The van der Waals surface area contributed by atoms with Gasteiger partial charge in [0.2, 0.25) is 0 Å². The molecule has 1 fully saturated rings. The number of hydrogen-bond acceptors (Lipinski definition) is 3. The number of aliphatic hydroxyl groups excluding tert-OH is 1. The van der Waals surface area contributed by atoms with E-state index in [9.17, 15) is 9.90 Å². The van der Waals surface area contributed by atoms with Crippen molar-refractivity contribution < 1.29 is 14.6 Å². The summed E-state index contributed by atoms with van der Waals surface area (Å²) in [7, 11) is 0. The summed E-state index contributed by atoms with van der Waals surface area (Å²) in [5.41, 5.74) is 0.678. The van der Waals surface area contributed by atoms with E-state index in [1.165, 1.54) is 0 Å². The summed E-state index contributed by atoms with van der Waals surface area (Å²) < 4.78 is 5.09. The molecule has 0 aromatic heterocycles. The van der Waals surface area contributed by atoms with Crippen LogP contribution in [0.15, 0.2) is 24.3 Å². The molecule has 1 aromatic carbocycles. The number of carbonyl (C=O) groups excluding carboxylic acids is 1. The van der Waals surface area contributed by atoms with Crippen molar-refractivity contribution in [1.82, 2.24) is 0 Å². The Morgan fingerprint density at radius 2 is 2.00 bits per heavy atom. The van der Waals surface area contributed by atoms with Crippen LogP contribution in [0.5, 0.6) is 0 Å². The molecule has 0 amide bonds. The van der Waals surface area contributed by atoms with Gasteiger partial charge in [-0.15, -0.1) is 0 Å². The van der Waals surface area contributed by atoms with Crippen LogP contribution in [0.2, 0.25) is 10.0 Å². The molecule has 0 bridgehead atoms.